The summed E-state index contributed by atoms with van der Waals surface area (Å²) in [5.41, 5.74) is 0.472. The van der Waals surface area contributed by atoms with Gasteiger partial charge in [-0.05, 0) is 37.8 Å². The summed E-state index contributed by atoms with van der Waals surface area (Å²) in [6.07, 6.45) is 3.23. The molecule has 3 rings (SSSR count). The maximum Gasteiger partial charge on any atom is 0.240 e. The second-order valence-corrected chi connectivity index (χ2v) is 6.76. The third kappa shape index (κ3) is 3.87. The summed E-state index contributed by atoms with van der Waals surface area (Å²) >= 11 is 6.11. The molecule has 0 unspecified atom stereocenters. The molecular formula is C18H19ClN4O2. The van der Waals surface area contributed by atoms with Crippen LogP contribution >= 0.6 is 11.6 Å². The number of nitrogens with one attached hydrogen (secondary N) is 1. The highest BCUT2D eigenvalue weighted by Crippen LogP contribution is 2.29. The van der Waals surface area contributed by atoms with E-state index in [0.29, 0.717) is 29.6 Å². The first-order chi connectivity index (χ1) is 12.1. The van der Waals surface area contributed by atoms with Crippen molar-refractivity contribution in [3.63, 3.8) is 0 Å². The molecule has 0 radical (unpaired) electrons. The molecule has 1 N–H and O–H groups in total. The van der Waals surface area contributed by atoms with Crippen LogP contribution in [0.5, 0.6) is 5.75 Å². The number of amides is 1. The predicted molar refractivity (Wildman–Crippen MR) is 93.5 cm³/mol. The van der Waals surface area contributed by atoms with Gasteiger partial charge in [-0.15, -0.1) is 0 Å². The van der Waals surface area contributed by atoms with Crippen LogP contribution in [-0.4, -0.2) is 42.1 Å². The zero-order chi connectivity index (χ0) is 17.8. The zero-order valence-corrected chi connectivity index (χ0v) is 14.5. The molecule has 0 aromatic heterocycles. The van der Waals surface area contributed by atoms with Crippen LogP contribution < -0.4 is 10.1 Å². The van der Waals surface area contributed by atoms with Crippen molar-refractivity contribution in [2.45, 2.75) is 43.8 Å². The van der Waals surface area contributed by atoms with Crippen molar-refractivity contribution in [2.75, 3.05) is 13.2 Å². The van der Waals surface area contributed by atoms with E-state index in [2.05, 4.69) is 16.2 Å². The van der Waals surface area contributed by atoms with Gasteiger partial charge in [0, 0.05) is 12.6 Å². The van der Waals surface area contributed by atoms with Gasteiger partial charge < -0.3 is 9.64 Å². The number of benzene rings is 1. The molecule has 0 aliphatic carbocycles. The van der Waals surface area contributed by atoms with Crippen molar-refractivity contribution in [3.05, 3.63) is 34.6 Å². The zero-order valence-electron chi connectivity index (χ0n) is 13.7. The number of halogens is 1. The Balaban J connectivity index is 1.53. The number of carbonyl (C=O) groups is 1. The normalized spacial score (nSPS) is 25.4. The number of hydrogen-bond acceptors (Lipinski definition) is 4. The average Bonchev–Trinajstić information content (AvgIpc) is 3.29. The van der Waals surface area contributed by atoms with Gasteiger partial charge in [-0.3, -0.25) is 10.1 Å². The van der Waals surface area contributed by atoms with Crippen LogP contribution in [0.15, 0.2) is 18.2 Å². The van der Waals surface area contributed by atoms with Crippen molar-refractivity contribution in [1.29, 1.82) is 5.26 Å². The fourth-order valence-corrected chi connectivity index (χ4v) is 3.61. The fraction of sp³-hybridized carbons (Fsp3) is 0.500. The second-order valence-electron chi connectivity index (χ2n) is 6.35. The first-order valence-electron chi connectivity index (χ1n) is 8.38. The van der Waals surface area contributed by atoms with Crippen molar-refractivity contribution in [2.24, 2.45) is 0 Å². The Bertz CT molecular complexity index is 740. The topological polar surface area (TPSA) is 69.7 Å². The van der Waals surface area contributed by atoms with Crippen LogP contribution in [0.4, 0.5) is 5.69 Å². The predicted octanol–water partition coefficient (Wildman–Crippen LogP) is 2.90. The van der Waals surface area contributed by atoms with Crippen LogP contribution in [0, 0.1) is 17.9 Å². The van der Waals surface area contributed by atoms with Gasteiger partial charge in [0.15, 0.2) is 5.69 Å². The van der Waals surface area contributed by atoms with Crippen molar-refractivity contribution in [1.82, 2.24) is 10.2 Å². The maximum atomic E-state index is 12.6. The number of nitriles is 1. The van der Waals surface area contributed by atoms with E-state index in [1.165, 1.54) is 0 Å². The lowest BCUT2D eigenvalue weighted by molar-refractivity contribution is -0.133. The molecule has 25 heavy (non-hydrogen) atoms. The van der Waals surface area contributed by atoms with Gasteiger partial charge in [-0.2, -0.15) is 5.26 Å². The third-order valence-electron chi connectivity index (χ3n) is 4.71. The van der Waals surface area contributed by atoms with Crippen LogP contribution in [0.2, 0.25) is 5.02 Å². The van der Waals surface area contributed by atoms with E-state index >= 15 is 0 Å². The lowest BCUT2D eigenvalue weighted by atomic mass is 10.1. The third-order valence-corrected chi connectivity index (χ3v) is 5.00. The van der Waals surface area contributed by atoms with Crippen LogP contribution in [0.1, 0.15) is 25.7 Å². The monoisotopic (exact) mass is 358 g/mol. The lowest BCUT2D eigenvalue weighted by Gasteiger charge is -2.24. The summed E-state index contributed by atoms with van der Waals surface area (Å²) in [6, 6.07) is 6.67. The molecule has 0 bridgehead atoms. The summed E-state index contributed by atoms with van der Waals surface area (Å²) < 4.78 is 5.74. The summed E-state index contributed by atoms with van der Waals surface area (Å²) in [4.78, 5) is 17.6. The Hall–Kier alpha value is -2.28. The Morgan fingerprint density at radius 1 is 1.48 bits per heavy atom. The first-order valence-corrected chi connectivity index (χ1v) is 8.76. The van der Waals surface area contributed by atoms with E-state index in [9.17, 15) is 4.79 Å². The van der Waals surface area contributed by atoms with Gasteiger partial charge in [0.2, 0.25) is 5.91 Å². The molecule has 130 valence electrons. The van der Waals surface area contributed by atoms with Crippen molar-refractivity contribution < 1.29 is 9.53 Å². The molecule has 3 atom stereocenters. The lowest BCUT2D eigenvalue weighted by Crippen LogP contribution is -2.47. The van der Waals surface area contributed by atoms with E-state index < -0.39 is 0 Å². The molecule has 2 heterocycles. The van der Waals surface area contributed by atoms with E-state index in [4.69, 9.17) is 28.2 Å². The molecule has 7 heteroatoms. The van der Waals surface area contributed by atoms with E-state index in [0.717, 1.165) is 25.7 Å². The van der Waals surface area contributed by atoms with Crippen molar-refractivity contribution in [3.8, 4) is 11.8 Å². The van der Waals surface area contributed by atoms with Crippen LogP contribution in [0.3, 0.4) is 0 Å². The molecular weight excluding hydrogens is 340 g/mol. The maximum absolute atomic E-state index is 12.6. The second kappa shape index (κ2) is 7.74. The number of rotatable bonds is 4. The molecule has 6 nitrogen and oxygen atoms in total. The number of likely N-dealkylation sites (tertiary alicyclic amines) is 1. The number of nitrogens with zero attached hydrogens (tertiary/aromatic N) is 3. The van der Waals surface area contributed by atoms with Gasteiger partial charge >= 0.3 is 0 Å². The van der Waals surface area contributed by atoms with Crippen LogP contribution in [0.25, 0.3) is 4.85 Å². The van der Waals surface area contributed by atoms with Crippen LogP contribution in [-0.2, 0) is 4.79 Å². The highest BCUT2D eigenvalue weighted by atomic mass is 35.5. The summed E-state index contributed by atoms with van der Waals surface area (Å²) in [5, 5.41) is 12.9. The quantitative estimate of drug-likeness (QED) is 0.840. The molecule has 2 aliphatic rings. The van der Waals surface area contributed by atoms with E-state index in [1.807, 2.05) is 0 Å². The minimum absolute atomic E-state index is 0.0194. The molecule has 0 spiro atoms. The van der Waals surface area contributed by atoms with Gasteiger partial charge in [-0.1, -0.05) is 17.7 Å². The molecule has 1 aromatic carbocycles. The Morgan fingerprint density at radius 3 is 3.04 bits per heavy atom. The number of carbonyl (C=O) groups excluding carboxylic acids is 1. The SMILES string of the molecule is [C-]#[N+]c1ccc(OC[C@H]2CC[C@@H](C(=O)N3CCC[C@H]3C#N)N2)c(Cl)c1. The first kappa shape index (κ1) is 17.5. The molecule has 1 amide bonds. The smallest absolute Gasteiger partial charge is 0.240 e. The number of hydrogen-bond donors (Lipinski definition) is 1. The van der Waals surface area contributed by atoms with E-state index in [-0.39, 0.29) is 24.0 Å². The van der Waals surface area contributed by atoms with Gasteiger partial charge in [0.05, 0.1) is 23.7 Å². The van der Waals surface area contributed by atoms with Gasteiger partial charge in [0.1, 0.15) is 18.4 Å². The molecule has 2 fully saturated rings. The minimum Gasteiger partial charge on any atom is -0.491 e. The van der Waals surface area contributed by atoms with Gasteiger partial charge in [-0.25, -0.2) is 4.85 Å². The average molecular weight is 359 g/mol. The summed E-state index contributed by atoms with van der Waals surface area (Å²) in [5.74, 6) is 0.556. The van der Waals surface area contributed by atoms with E-state index in [1.54, 1.807) is 23.1 Å². The highest BCUT2D eigenvalue weighted by molar-refractivity contribution is 6.32. The van der Waals surface area contributed by atoms with Gasteiger partial charge in [0.25, 0.3) is 0 Å². The Labute approximate surface area is 152 Å². The fourth-order valence-electron chi connectivity index (χ4n) is 3.38. The Kier molecular flexibility index (Phi) is 5.43. The molecule has 2 saturated heterocycles. The summed E-state index contributed by atoms with van der Waals surface area (Å²) in [7, 11) is 0. The highest BCUT2D eigenvalue weighted by Gasteiger charge is 2.36. The Morgan fingerprint density at radius 2 is 2.32 bits per heavy atom. The largest absolute Gasteiger partial charge is 0.491 e. The summed E-state index contributed by atoms with van der Waals surface area (Å²) in [6.45, 7) is 8.04. The molecule has 0 saturated carbocycles. The number of ether oxygens (including phenoxy) is 1. The molecule has 2 aliphatic heterocycles. The van der Waals surface area contributed by atoms with Crippen molar-refractivity contribution >= 4 is 23.2 Å². The minimum atomic E-state index is -0.288. The molecule has 1 aromatic rings. The standard InChI is InChI=1S/C18H19ClN4O2/c1-21-12-5-7-17(15(19)9-12)25-11-13-4-6-16(22-13)18(24)23-8-2-3-14(23)10-20/h5,7,9,13-14,16,22H,2-4,6,8,11H2/t13-,14+,16+/m1/s1.